The lowest BCUT2D eigenvalue weighted by atomic mass is 9.47. The SMILES string of the molecule is C=CC[C@@H](OCC(=O)CC[C@@]1(C)C(=O)CC[C@]2(C)[C@@H]1CCCC21OCCO1)c1ccoc1. The molecule has 32 heavy (non-hydrogen) atoms. The molecule has 1 saturated heterocycles. The van der Waals surface area contributed by atoms with Crippen LogP contribution in [0, 0.1) is 16.7 Å². The van der Waals surface area contributed by atoms with Crippen molar-refractivity contribution in [2.24, 2.45) is 16.7 Å². The molecule has 2 heterocycles. The van der Waals surface area contributed by atoms with Gasteiger partial charge in [-0.15, -0.1) is 6.58 Å². The lowest BCUT2D eigenvalue weighted by Crippen LogP contribution is -2.62. The Bertz CT molecular complexity index is 823. The van der Waals surface area contributed by atoms with Gasteiger partial charge in [0.25, 0.3) is 0 Å². The van der Waals surface area contributed by atoms with Gasteiger partial charge in [-0.25, -0.2) is 0 Å². The van der Waals surface area contributed by atoms with Gasteiger partial charge in [-0.1, -0.05) is 19.9 Å². The van der Waals surface area contributed by atoms with Gasteiger partial charge in [-0.3, -0.25) is 9.59 Å². The minimum atomic E-state index is -0.576. The van der Waals surface area contributed by atoms with Gasteiger partial charge in [0.1, 0.15) is 12.4 Å². The Hall–Kier alpha value is -1.76. The minimum absolute atomic E-state index is 0.0164. The standard InChI is InChI=1S/C26H36O6/c1-4-6-21(19-10-14-29-17-19)30-18-20(27)8-12-24(2)22-7-5-11-26(31-15-16-32-26)25(22,3)13-9-23(24)28/h4,10,14,17,21-22H,1,5-9,11-13,15-16,18H2,2-3H3/t21-,22-,24-,25-/m1/s1. The number of Topliss-reactive ketones (excluding diaryl/α,β-unsaturated/α-hetero) is 2. The molecule has 6 heteroatoms. The molecule has 2 saturated carbocycles. The van der Waals surface area contributed by atoms with E-state index in [1.54, 1.807) is 18.6 Å². The first-order valence-electron chi connectivity index (χ1n) is 11.9. The van der Waals surface area contributed by atoms with Gasteiger partial charge in [0, 0.05) is 35.7 Å². The van der Waals surface area contributed by atoms with E-state index in [9.17, 15) is 9.59 Å². The fourth-order valence-electron chi connectivity index (χ4n) is 6.47. The summed E-state index contributed by atoms with van der Waals surface area (Å²) < 4.78 is 23.4. The third-order valence-corrected chi connectivity index (χ3v) is 8.33. The molecular formula is C26H36O6. The summed E-state index contributed by atoms with van der Waals surface area (Å²) in [5.41, 5.74) is 0.142. The smallest absolute Gasteiger partial charge is 0.174 e. The lowest BCUT2D eigenvalue weighted by molar-refractivity contribution is -0.286. The van der Waals surface area contributed by atoms with E-state index in [0.29, 0.717) is 38.9 Å². The quantitative estimate of drug-likeness (QED) is 0.489. The maximum absolute atomic E-state index is 13.2. The van der Waals surface area contributed by atoms with Crippen molar-refractivity contribution in [3.05, 3.63) is 36.8 Å². The van der Waals surface area contributed by atoms with Crippen molar-refractivity contribution in [3.8, 4) is 0 Å². The number of hydrogen-bond donors (Lipinski definition) is 0. The summed E-state index contributed by atoms with van der Waals surface area (Å²) in [5.74, 6) is -0.140. The highest BCUT2D eigenvalue weighted by molar-refractivity contribution is 5.87. The summed E-state index contributed by atoms with van der Waals surface area (Å²) in [5, 5.41) is 0. The molecule has 4 rings (SSSR count). The van der Waals surface area contributed by atoms with Crippen LogP contribution >= 0.6 is 0 Å². The van der Waals surface area contributed by atoms with E-state index in [1.165, 1.54) is 0 Å². The molecule has 0 aromatic carbocycles. The highest BCUT2D eigenvalue weighted by atomic mass is 16.7. The molecule has 1 spiro atoms. The van der Waals surface area contributed by atoms with Crippen LogP contribution in [-0.4, -0.2) is 37.2 Å². The molecule has 4 atom stereocenters. The molecule has 2 aliphatic carbocycles. The first-order chi connectivity index (χ1) is 15.3. The summed E-state index contributed by atoms with van der Waals surface area (Å²) in [6, 6.07) is 1.84. The van der Waals surface area contributed by atoms with Crippen LogP contribution in [0.1, 0.15) is 76.9 Å². The molecule has 1 aromatic heterocycles. The Morgan fingerprint density at radius 2 is 2.09 bits per heavy atom. The van der Waals surface area contributed by atoms with Gasteiger partial charge in [-0.2, -0.15) is 0 Å². The normalized spacial score (nSPS) is 32.6. The van der Waals surface area contributed by atoms with E-state index >= 15 is 0 Å². The number of fused-ring (bicyclic) bond motifs is 2. The summed E-state index contributed by atoms with van der Waals surface area (Å²) in [4.78, 5) is 26.0. The van der Waals surface area contributed by atoms with Gasteiger partial charge in [-0.05, 0) is 44.1 Å². The highest BCUT2D eigenvalue weighted by Gasteiger charge is 2.65. The molecule has 3 fully saturated rings. The van der Waals surface area contributed by atoms with E-state index in [4.69, 9.17) is 18.6 Å². The second kappa shape index (κ2) is 9.24. The van der Waals surface area contributed by atoms with Gasteiger partial charge < -0.3 is 18.6 Å². The molecule has 3 aliphatic rings. The largest absolute Gasteiger partial charge is 0.472 e. The third kappa shape index (κ3) is 4.02. The molecule has 0 radical (unpaired) electrons. The van der Waals surface area contributed by atoms with Crippen molar-refractivity contribution in [1.29, 1.82) is 0 Å². The zero-order valence-corrected chi connectivity index (χ0v) is 19.4. The summed E-state index contributed by atoms with van der Waals surface area (Å²) in [6.07, 6.45) is 10.4. The summed E-state index contributed by atoms with van der Waals surface area (Å²) in [7, 11) is 0. The summed E-state index contributed by atoms with van der Waals surface area (Å²) in [6.45, 7) is 9.33. The lowest BCUT2D eigenvalue weighted by Gasteiger charge is -2.60. The fourth-order valence-corrected chi connectivity index (χ4v) is 6.47. The van der Waals surface area contributed by atoms with Crippen LogP contribution < -0.4 is 0 Å². The second-order valence-electron chi connectivity index (χ2n) is 10.1. The van der Waals surface area contributed by atoms with E-state index in [0.717, 1.165) is 31.2 Å². The topological polar surface area (TPSA) is 75.0 Å². The average molecular weight is 445 g/mol. The monoisotopic (exact) mass is 444 g/mol. The van der Waals surface area contributed by atoms with Crippen LogP contribution in [0.25, 0.3) is 0 Å². The maximum atomic E-state index is 13.2. The van der Waals surface area contributed by atoms with Gasteiger partial charge in [0.05, 0.1) is 31.8 Å². The van der Waals surface area contributed by atoms with E-state index in [1.807, 2.05) is 6.07 Å². The summed E-state index contributed by atoms with van der Waals surface area (Å²) >= 11 is 0. The van der Waals surface area contributed by atoms with Crippen LogP contribution in [0.15, 0.2) is 35.7 Å². The minimum Gasteiger partial charge on any atom is -0.472 e. The van der Waals surface area contributed by atoms with Crippen molar-refractivity contribution in [3.63, 3.8) is 0 Å². The van der Waals surface area contributed by atoms with Crippen molar-refractivity contribution >= 4 is 11.6 Å². The van der Waals surface area contributed by atoms with E-state index < -0.39 is 11.2 Å². The Balaban J connectivity index is 1.41. The number of ether oxygens (including phenoxy) is 3. The Labute approximate surface area is 190 Å². The van der Waals surface area contributed by atoms with E-state index in [2.05, 4.69) is 20.4 Å². The highest BCUT2D eigenvalue weighted by Crippen LogP contribution is 2.63. The number of ketones is 2. The maximum Gasteiger partial charge on any atom is 0.174 e. The third-order valence-electron chi connectivity index (χ3n) is 8.33. The number of carbonyl (C=O) groups excluding carboxylic acids is 2. The Morgan fingerprint density at radius 3 is 2.78 bits per heavy atom. The fraction of sp³-hybridized carbons (Fsp3) is 0.692. The molecule has 0 bridgehead atoms. The molecular weight excluding hydrogens is 408 g/mol. The van der Waals surface area contributed by atoms with Crippen LogP contribution in [-0.2, 0) is 23.8 Å². The Morgan fingerprint density at radius 1 is 1.31 bits per heavy atom. The zero-order chi connectivity index (χ0) is 22.8. The molecule has 1 aromatic rings. The first kappa shape index (κ1) is 23.4. The van der Waals surface area contributed by atoms with Crippen molar-refractivity contribution in [1.82, 2.24) is 0 Å². The van der Waals surface area contributed by atoms with Crippen molar-refractivity contribution < 1.29 is 28.2 Å². The molecule has 6 nitrogen and oxygen atoms in total. The van der Waals surface area contributed by atoms with Crippen LogP contribution in [0.4, 0.5) is 0 Å². The molecule has 176 valence electrons. The molecule has 0 unspecified atom stereocenters. The molecule has 0 amide bonds. The van der Waals surface area contributed by atoms with Gasteiger partial charge in [0.2, 0.25) is 0 Å². The number of hydrogen-bond acceptors (Lipinski definition) is 6. The van der Waals surface area contributed by atoms with Gasteiger partial charge in [0.15, 0.2) is 11.6 Å². The predicted octanol–water partition coefficient (Wildman–Crippen LogP) is 5.18. The van der Waals surface area contributed by atoms with Crippen molar-refractivity contribution in [2.45, 2.75) is 77.1 Å². The Kier molecular flexibility index (Phi) is 6.76. The molecule has 0 N–H and O–H groups in total. The van der Waals surface area contributed by atoms with E-state index in [-0.39, 0.29) is 35.6 Å². The average Bonchev–Trinajstić information content (AvgIpc) is 3.48. The van der Waals surface area contributed by atoms with Crippen LogP contribution in [0.3, 0.4) is 0 Å². The zero-order valence-electron chi connectivity index (χ0n) is 19.4. The molecule has 1 aliphatic heterocycles. The van der Waals surface area contributed by atoms with Crippen LogP contribution in [0.5, 0.6) is 0 Å². The predicted molar refractivity (Wildman–Crippen MR) is 119 cm³/mol. The van der Waals surface area contributed by atoms with Gasteiger partial charge >= 0.3 is 0 Å². The van der Waals surface area contributed by atoms with Crippen LogP contribution in [0.2, 0.25) is 0 Å². The van der Waals surface area contributed by atoms with Crippen molar-refractivity contribution in [2.75, 3.05) is 19.8 Å². The first-order valence-corrected chi connectivity index (χ1v) is 11.9. The number of rotatable bonds is 9. The number of carbonyl (C=O) groups is 2. The second-order valence-corrected chi connectivity index (χ2v) is 10.1. The number of furan rings is 1.